The number of furan rings is 1. The van der Waals surface area contributed by atoms with Gasteiger partial charge in [0.05, 0.1) is 16.1 Å². The maximum atomic E-state index is 6.30. The molecule has 0 unspecified atom stereocenters. The summed E-state index contributed by atoms with van der Waals surface area (Å²) in [7, 11) is 0. The first kappa shape index (κ1) is 30.7. The molecule has 0 fully saturated rings. The van der Waals surface area contributed by atoms with Crippen LogP contribution < -0.4 is 9.80 Å². The van der Waals surface area contributed by atoms with Crippen LogP contribution in [0.4, 0.5) is 34.1 Å². The van der Waals surface area contributed by atoms with Gasteiger partial charge in [0.25, 0.3) is 0 Å². The highest BCUT2D eigenvalue weighted by Gasteiger charge is 2.22. The first-order valence-electron chi connectivity index (χ1n) is 18.3. The highest BCUT2D eigenvalue weighted by Crippen LogP contribution is 2.48. The molecular weight excluding hydrogens is 677 g/mol. The Hall–Kier alpha value is -6.88. The van der Waals surface area contributed by atoms with E-state index in [1.54, 1.807) is 0 Å². The molecule has 4 heteroatoms. The monoisotopic (exact) mass is 708 g/mol. The van der Waals surface area contributed by atoms with Crippen molar-refractivity contribution in [3.05, 3.63) is 194 Å². The minimum absolute atomic E-state index is 0.886. The van der Waals surface area contributed by atoms with Gasteiger partial charge < -0.3 is 14.2 Å². The van der Waals surface area contributed by atoms with Crippen LogP contribution in [0, 0.1) is 0 Å². The van der Waals surface area contributed by atoms with Gasteiger partial charge in [-0.05, 0) is 95.0 Å². The Labute approximate surface area is 316 Å². The van der Waals surface area contributed by atoms with Crippen molar-refractivity contribution >= 4 is 109 Å². The van der Waals surface area contributed by atoms with Gasteiger partial charge >= 0.3 is 0 Å². The zero-order chi connectivity index (χ0) is 35.6. The third-order valence-corrected chi connectivity index (χ3v) is 11.8. The van der Waals surface area contributed by atoms with E-state index >= 15 is 0 Å². The summed E-state index contributed by atoms with van der Waals surface area (Å²) in [5, 5.41) is 9.59. The molecule has 54 heavy (non-hydrogen) atoms. The molecule has 2 aromatic heterocycles. The van der Waals surface area contributed by atoms with Gasteiger partial charge in [0.1, 0.15) is 11.2 Å². The average molecular weight is 709 g/mol. The zero-order valence-electron chi connectivity index (χ0n) is 29.2. The number of benzene rings is 9. The zero-order valence-corrected chi connectivity index (χ0v) is 30.0. The molecule has 2 heterocycles. The Balaban J connectivity index is 1.16. The topological polar surface area (TPSA) is 19.6 Å². The molecule has 0 saturated carbocycles. The van der Waals surface area contributed by atoms with Crippen LogP contribution in [0.3, 0.4) is 0 Å². The van der Waals surface area contributed by atoms with Gasteiger partial charge in [-0.15, -0.1) is 11.3 Å². The number of nitrogens with zero attached hydrogens (tertiary/aromatic N) is 2. The van der Waals surface area contributed by atoms with E-state index in [-0.39, 0.29) is 0 Å². The van der Waals surface area contributed by atoms with E-state index in [1.165, 1.54) is 47.4 Å². The van der Waals surface area contributed by atoms with Gasteiger partial charge in [0, 0.05) is 54.4 Å². The highest BCUT2D eigenvalue weighted by molar-refractivity contribution is 7.26. The Morgan fingerprint density at radius 3 is 1.69 bits per heavy atom. The lowest BCUT2D eigenvalue weighted by Gasteiger charge is -2.28. The molecule has 0 radical (unpaired) electrons. The van der Waals surface area contributed by atoms with Crippen LogP contribution in [-0.4, -0.2) is 0 Å². The maximum absolute atomic E-state index is 6.30. The maximum Gasteiger partial charge on any atom is 0.135 e. The standard InChI is InChI=1S/C50H32N2OS/c1-3-15-34(16-4-1)51(35-17-5-2-6-18-35)45-24-13-23-42-44-32-37(27-29-49(44)54-50(42)45)52(36-26-28-48-43(31-36)41-22-11-12-25-47(41)53-48)46-30-33-14-7-8-19-38(33)39-20-9-10-21-40(39)46/h1-32H. The number of hydrogen-bond donors (Lipinski definition) is 0. The van der Waals surface area contributed by atoms with Crippen molar-refractivity contribution in [3.8, 4) is 0 Å². The van der Waals surface area contributed by atoms with Crippen molar-refractivity contribution in [3.63, 3.8) is 0 Å². The fraction of sp³-hybridized carbons (Fsp3) is 0. The lowest BCUT2D eigenvalue weighted by molar-refractivity contribution is 0.669. The van der Waals surface area contributed by atoms with Gasteiger partial charge in [-0.1, -0.05) is 115 Å². The van der Waals surface area contributed by atoms with Crippen molar-refractivity contribution < 1.29 is 4.42 Å². The molecular formula is C50H32N2OS. The van der Waals surface area contributed by atoms with Gasteiger partial charge in [0.15, 0.2) is 0 Å². The van der Waals surface area contributed by atoms with Crippen molar-refractivity contribution in [2.75, 3.05) is 9.80 Å². The highest BCUT2D eigenvalue weighted by atomic mass is 32.1. The number of thiophene rings is 1. The van der Waals surface area contributed by atoms with Crippen LogP contribution in [0.2, 0.25) is 0 Å². The summed E-state index contributed by atoms with van der Waals surface area (Å²) in [6.45, 7) is 0. The van der Waals surface area contributed by atoms with Crippen LogP contribution in [0.25, 0.3) is 63.7 Å². The molecule has 0 saturated heterocycles. The fourth-order valence-corrected chi connectivity index (χ4v) is 9.35. The van der Waals surface area contributed by atoms with Gasteiger partial charge in [0.2, 0.25) is 0 Å². The third-order valence-electron chi connectivity index (χ3n) is 10.6. The van der Waals surface area contributed by atoms with Crippen LogP contribution in [0.5, 0.6) is 0 Å². The Kier molecular flexibility index (Phi) is 7.04. The summed E-state index contributed by atoms with van der Waals surface area (Å²) in [5.41, 5.74) is 8.52. The predicted molar refractivity (Wildman–Crippen MR) is 231 cm³/mol. The molecule has 0 N–H and O–H groups in total. The number of fused-ring (bicyclic) bond motifs is 9. The minimum Gasteiger partial charge on any atom is -0.456 e. The first-order valence-corrected chi connectivity index (χ1v) is 19.1. The second kappa shape index (κ2) is 12.4. The molecule has 0 spiro atoms. The number of hydrogen-bond acceptors (Lipinski definition) is 4. The lowest BCUT2D eigenvalue weighted by atomic mass is 9.98. The number of anilines is 6. The first-order chi connectivity index (χ1) is 26.8. The van der Waals surface area contributed by atoms with Crippen LogP contribution in [-0.2, 0) is 0 Å². The fourth-order valence-electron chi connectivity index (χ4n) is 8.17. The van der Waals surface area contributed by atoms with E-state index in [1.807, 2.05) is 23.5 Å². The van der Waals surface area contributed by atoms with Crippen LogP contribution in [0.15, 0.2) is 199 Å². The van der Waals surface area contributed by atoms with Gasteiger partial charge in [-0.2, -0.15) is 0 Å². The SMILES string of the molecule is c1ccc(N(c2ccccc2)c2cccc3c2sc2ccc(N(c4ccc5oc6ccccc6c5c4)c4cc5ccccc5c5ccccc45)cc23)cc1. The lowest BCUT2D eigenvalue weighted by Crippen LogP contribution is -2.10. The molecule has 9 aromatic carbocycles. The molecule has 11 aromatic rings. The third kappa shape index (κ3) is 4.88. The molecule has 254 valence electrons. The minimum atomic E-state index is 0.886. The van der Waals surface area contributed by atoms with E-state index in [4.69, 9.17) is 4.42 Å². The van der Waals surface area contributed by atoms with E-state index < -0.39 is 0 Å². The second-order valence-electron chi connectivity index (χ2n) is 13.7. The Bertz CT molecular complexity index is 3140. The van der Waals surface area contributed by atoms with E-state index in [0.29, 0.717) is 0 Å². The molecule has 3 nitrogen and oxygen atoms in total. The quantitative estimate of drug-likeness (QED) is 0.160. The van der Waals surface area contributed by atoms with E-state index in [0.717, 1.165) is 50.4 Å². The van der Waals surface area contributed by atoms with Crippen molar-refractivity contribution in [2.45, 2.75) is 0 Å². The molecule has 0 aliphatic rings. The number of para-hydroxylation sites is 3. The Morgan fingerprint density at radius 2 is 0.907 bits per heavy atom. The molecule has 0 bridgehead atoms. The molecule has 0 atom stereocenters. The molecule has 0 aliphatic carbocycles. The molecule has 11 rings (SSSR count). The van der Waals surface area contributed by atoms with Crippen molar-refractivity contribution in [2.24, 2.45) is 0 Å². The number of rotatable bonds is 6. The largest absolute Gasteiger partial charge is 0.456 e. The summed E-state index contributed by atoms with van der Waals surface area (Å²) >= 11 is 1.85. The second-order valence-corrected chi connectivity index (χ2v) is 14.8. The summed E-state index contributed by atoms with van der Waals surface area (Å²) in [4.78, 5) is 4.81. The summed E-state index contributed by atoms with van der Waals surface area (Å²) in [6.07, 6.45) is 0. The Morgan fingerprint density at radius 1 is 0.333 bits per heavy atom. The van der Waals surface area contributed by atoms with E-state index in [9.17, 15) is 0 Å². The predicted octanol–water partition coefficient (Wildman–Crippen LogP) is 15.2. The molecule has 0 amide bonds. The van der Waals surface area contributed by atoms with Crippen LogP contribution >= 0.6 is 11.3 Å². The normalized spacial score (nSPS) is 11.7. The summed E-state index contributed by atoms with van der Waals surface area (Å²) in [6, 6.07) is 69.8. The van der Waals surface area contributed by atoms with Crippen molar-refractivity contribution in [1.29, 1.82) is 0 Å². The summed E-state index contributed by atoms with van der Waals surface area (Å²) < 4.78 is 8.80. The van der Waals surface area contributed by atoms with E-state index in [2.05, 4.69) is 192 Å². The van der Waals surface area contributed by atoms with Gasteiger partial charge in [-0.3, -0.25) is 0 Å². The average Bonchev–Trinajstić information content (AvgIpc) is 3.80. The smallest absolute Gasteiger partial charge is 0.135 e. The van der Waals surface area contributed by atoms with Crippen molar-refractivity contribution in [1.82, 2.24) is 0 Å². The summed E-state index contributed by atoms with van der Waals surface area (Å²) in [5.74, 6) is 0. The van der Waals surface area contributed by atoms with Gasteiger partial charge in [-0.25, -0.2) is 0 Å². The molecule has 0 aliphatic heterocycles. The van der Waals surface area contributed by atoms with Crippen LogP contribution in [0.1, 0.15) is 0 Å².